The monoisotopic (exact) mass is 352 g/mol. The van der Waals surface area contributed by atoms with Gasteiger partial charge in [0.05, 0.1) is 4.90 Å². The highest BCUT2D eigenvalue weighted by Gasteiger charge is 2.28. The quantitative estimate of drug-likeness (QED) is 0.767. The lowest BCUT2D eigenvalue weighted by Crippen LogP contribution is -2.36. The highest BCUT2D eigenvalue weighted by atomic mass is 32.2. The molecule has 0 saturated carbocycles. The third-order valence-electron chi connectivity index (χ3n) is 4.45. The molecule has 24 heavy (non-hydrogen) atoms. The standard InChI is InChI=1S/C18H28N2O3S/c1-3-4-6-11-19-18(21)16-10-9-15(2)17(14-16)24(22,23)20-12-7-5-8-13-20/h9-10,14H,3-8,11-13H2,1-2H3,(H,19,21). The number of hydrogen-bond donors (Lipinski definition) is 1. The van der Waals surface area contributed by atoms with Crippen molar-refractivity contribution in [1.29, 1.82) is 0 Å². The Morgan fingerprint density at radius 3 is 2.54 bits per heavy atom. The Morgan fingerprint density at radius 1 is 1.17 bits per heavy atom. The fraction of sp³-hybridized carbons (Fsp3) is 0.611. The molecule has 1 fully saturated rings. The van der Waals surface area contributed by atoms with Gasteiger partial charge in [-0.3, -0.25) is 4.79 Å². The maximum atomic E-state index is 12.9. The second-order valence-corrected chi connectivity index (χ2v) is 8.31. The smallest absolute Gasteiger partial charge is 0.251 e. The number of hydrogen-bond acceptors (Lipinski definition) is 3. The fourth-order valence-corrected chi connectivity index (χ4v) is 4.71. The summed E-state index contributed by atoms with van der Waals surface area (Å²) in [5, 5.41) is 2.86. The van der Waals surface area contributed by atoms with E-state index in [-0.39, 0.29) is 10.8 Å². The predicted octanol–water partition coefficient (Wildman–Crippen LogP) is 3.09. The average Bonchev–Trinajstić information content (AvgIpc) is 2.59. The molecule has 0 aliphatic carbocycles. The molecule has 1 aromatic rings. The third-order valence-corrected chi connectivity index (χ3v) is 6.49. The van der Waals surface area contributed by atoms with Crippen LogP contribution in [0.3, 0.4) is 0 Å². The van der Waals surface area contributed by atoms with Gasteiger partial charge in [0.15, 0.2) is 0 Å². The van der Waals surface area contributed by atoms with E-state index < -0.39 is 10.0 Å². The first-order valence-electron chi connectivity index (χ1n) is 8.86. The van der Waals surface area contributed by atoms with Crippen molar-refractivity contribution in [2.24, 2.45) is 0 Å². The van der Waals surface area contributed by atoms with E-state index in [4.69, 9.17) is 0 Å². The second-order valence-electron chi connectivity index (χ2n) is 6.41. The van der Waals surface area contributed by atoms with E-state index in [0.717, 1.165) is 38.5 Å². The summed E-state index contributed by atoms with van der Waals surface area (Å²) in [7, 11) is -3.52. The molecule has 1 aliphatic rings. The van der Waals surface area contributed by atoms with Crippen LogP contribution in [0.15, 0.2) is 23.1 Å². The van der Waals surface area contributed by atoms with E-state index >= 15 is 0 Å². The van der Waals surface area contributed by atoms with Gasteiger partial charge in [0, 0.05) is 25.2 Å². The van der Waals surface area contributed by atoms with Gasteiger partial charge in [-0.1, -0.05) is 32.3 Å². The zero-order valence-electron chi connectivity index (χ0n) is 14.7. The van der Waals surface area contributed by atoms with Crippen LogP contribution in [0.5, 0.6) is 0 Å². The Balaban J connectivity index is 2.17. The Morgan fingerprint density at radius 2 is 1.88 bits per heavy atom. The van der Waals surface area contributed by atoms with Crippen molar-refractivity contribution in [3.05, 3.63) is 29.3 Å². The Hall–Kier alpha value is -1.40. The second kappa shape index (κ2) is 8.62. The summed E-state index contributed by atoms with van der Waals surface area (Å²) in [5.74, 6) is -0.207. The normalized spacial score (nSPS) is 16.1. The number of benzene rings is 1. The van der Waals surface area contributed by atoms with Crippen LogP contribution in [-0.4, -0.2) is 38.3 Å². The molecule has 0 spiro atoms. The molecular formula is C18H28N2O3S. The number of unbranched alkanes of at least 4 members (excludes halogenated alkanes) is 2. The van der Waals surface area contributed by atoms with Crippen LogP contribution in [-0.2, 0) is 10.0 Å². The Bertz CT molecular complexity index is 665. The molecule has 0 bridgehead atoms. The molecule has 2 rings (SSSR count). The van der Waals surface area contributed by atoms with Gasteiger partial charge >= 0.3 is 0 Å². The van der Waals surface area contributed by atoms with Gasteiger partial charge in [-0.15, -0.1) is 0 Å². The fourth-order valence-electron chi connectivity index (χ4n) is 2.94. The van der Waals surface area contributed by atoms with Crippen LogP contribution >= 0.6 is 0 Å². The number of nitrogens with zero attached hydrogens (tertiary/aromatic N) is 1. The number of sulfonamides is 1. The molecule has 0 atom stereocenters. The SMILES string of the molecule is CCCCCNC(=O)c1ccc(C)c(S(=O)(=O)N2CCCCC2)c1. The van der Waals surface area contributed by atoms with Crippen molar-refractivity contribution >= 4 is 15.9 Å². The highest BCUT2D eigenvalue weighted by molar-refractivity contribution is 7.89. The maximum absolute atomic E-state index is 12.9. The van der Waals surface area contributed by atoms with E-state index in [9.17, 15) is 13.2 Å². The summed E-state index contributed by atoms with van der Waals surface area (Å²) < 4.78 is 27.3. The lowest BCUT2D eigenvalue weighted by atomic mass is 10.1. The first-order valence-corrected chi connectivity index (χ1v) is 10.3. The van der Waals surface area contributed by atoms with Crippen LogP contribution in [0, 0.1) is 6.92 Å². The van der Waals surface area contributed by atoms with Crippen molar-refractivity contribution in [3.8, 4) is 0 Å². The topological polar surface area (TPSA) is 66.5 Å². The number of aryl methyl sites for hydroxylation is 1. The number of nitrogens with one attached hydrogen (secondary N) is 1. The molecule has 1 N–H and O–H groups in total. The summed E-state index contributed by atoms with van der Waals surface area (Å²) in [5.41, 5.74) is 1.09. The first-order chi connectivity index (χ1) is 11.5. The van der Waals surface area contributed by atoms with E-state index in [0.29, 0.717) is 30.8 Å². The molecule has 0 unspecified atom stereocenters. The maximum Gasteiger partial charge on any atom is 0.251 e. The van der Waals surface area contributed by atoms with Crippen LogP contribution < -0.4 is 5.32 Å². The van der Waals surface area contributed by atoms with Crippen LogP contribution in [0.25, 0.3) is 0 Å². The van der Waals surface area contributed by atoms with E-state index in [2.05, 4.69) is 12.2 Å². The number of rotatable bonds is 7. The van der Waals surface area contributed by atoms with E-state index in [1.54, 1.807) is 23.4 Å². The van der Waals surface area contributed by atoms with Gasteiger partial charge < -0.3 is 5.32 Å². The van der Waals surface area contributed by atoms with Gasteiger partial charge in [-0.2, -0.15) is 4.31 Å². The number of piperidine rings is 1. The minimum Gasteiger partial charge on any atom is -0.352 e. The molecule has 1 aliphatic heterocycles. The van der Waals surface area contributed by atoms with Crippen LogP contribution in [0.1, 0.15) is 61.4 Å². The molecule has 6 heteroatoms. The van der Waals surface area contributed by atoms with Crippen molar-refractivity contribution in [1.82, 2.24) is 9.62 Å². The third kappa shape index (κ3) is 4.57. The van der Waals surface area contributed by atoms with Gasteiger partial charge in [0.25, 0.3) is 5.91 Å². The lowest BCUT2D eigenvalue weighted by Gasteiger charge is -2.26. The van der Waals surface area contributed by atoms with E-state index in [1.165, 1.54) is 6.07 Å². The zero-order valence-corrected chi connectivity index (χ0v) is 15.5. The Labute approximate surface area is 145 Å². The predicted molar refractivity (Wildman–Crippen MR) is 95.6 cm³/mol. The minimum atomic E-state index is -3.52. The van der Waals surface area contributed by atoms with Crippen LogP contribution in [0.2, 0.25) is 0 Å². The molecule has 1 aromatic carbocycles. The average molecular weight is 353 g/mol. The molecule has 0 radical (unpaired) electrons. The van der Waals surface area contributed by atoms with Gasteiger partial charge in [0.2, 0.25) is 10.0 Å². The van der Waals surface area contributed by atoms with Gasteiger partial charge in [-0.05, 0) is 43.9 Å². The highest BCUT2D eigenvalue weighted by Crippen LogP contribution is 2.24. The summed E-state index contributed by atoms with van der Waals surface area (Å²) >= 11 is 0. The van der Waals surface area contributed by atoms with E-state index in [1.807, 2.05) is 0 Å². The summed E-state index contributed by atoms with van der Waals surface area (Å²) in [6.45, 7) is 5.64. The summed E-state index contributed by atoms with van der Waals surface area (Å²) in [6, 6.07) is 4.94. The number of amides is 1. The largest absolute Gasteiger partial charge is 0.352 e. The summed E-state index contributed by atoms with van der Waals surface area (Å²) in [4.78, 5) is 12.5. The number of carbonyl (C=O) groups is 1. The molecule has 134 valence electrons. The van der Waals surface area contributed by atoms with Crippen molar-refractivity contribution in [2.75, 3.05) is 19.6 Å². The minimum absolute atomic E-state index is 0.207. The molecule has 1 amide bonds. The zero-order chi connectivity index (χ0) is 17.6. The summed E-state index contributed by atoms with van der Waals surface area (Å²) in [6.07, 6.45) is 5.98. The molecule has 0 aromatic heterocycles. The Kier molecular flexibility index (Phi) is 6.80. The number of carbonyl (C=O) groups excluding carboxylic acids is 1. The molecule has 1 heterocycles. The van der Waals surface area contributed by atoms with Gasteiger partial charge in [0.1, 0.15) is 0 Å². The molecule has 5 nitrogen and oxygen atoms in total. The molecular weight excluding hydrogens is 324 g/mol. The van der Waals surface area contributed by atoms with Gasteiger partial charge in [-0.25, -0.2) is 8.42 Å². The van der Waals surface area contributed by atoms with Crippen LogP contribution in [0.4, 0.5) is 0 Å². The molecule has 1 saturated heterocycles. The van der Waals surface area contributed by atoms with Crippen molar-refractivity contribution < 1.29 is 13.2 Å². The van der Waals surface area contributed by atoms with Crippen molar-refractivity contribution in [2.45, 2.75) is 57.3 Å². The van der Waals surface area contributed by atoms with Crippen molar-refractivity contribution in [3.63, 3.8) is 0 Å². The lowest BCUT2D eigenvalue weighted by molar-refractivity contribution is 0.0952. The first kappa shape index (κ1) is 18.9.